The SMILES string of the molecule is Cc1ccc(N2C[C@H](C(=O)N3CCC(C(=O)N[C@@H](C)CCc4ccccc4)CC3)CC2=O)cc1. The van der Waals surface area contributed by atoms with Crippen LogP contribution < -0.4 is 10.2 Å². The van der Waals surface area contributed by atoms with Gasteiger partial charge in [-0.3, -0.25) is 14.4 Å². The molecule has 0 radical (unpaired) electrons. The third kappa shape index (κ3) is 5.85. The van der Waals surface area contributed by atoms with Crippen LogP contribution in [0.3, 0.4) is 0 Å². The van der Waals surface area contributed by atoms with Gasteiger partial charge in [0.2, 0.25) is 17.7 Å². The summed E-state index contributed by atoms with van der Waals surface area (Å²) >= 11 is 0. The molecule has 0 bridgehead atoms. The van der Waals surface area contributed by atoms with Gasteiger partial charge in [0, 0.05) is 43.7 Å². The van der Waals surface area contributed by atoms with Crippen LogP contribution in [0.5, 0.6) is 0 Å². The van der Waals surface area contributed by atoms with Crippen LogP contribution in [-0.4, -0.2) is 48.3 Å². The van der Waals surface area contributed by atoms with Crippen molar-refractivity contribution in [3.8, 4) is 0 Å². The molecular weight excluding hydrogens is 426 g/mol. The number of rotatable bonds is 7. The van der Waals surface area contributed by atoms with Crippen molar-refractivity contribution in [2.45, 2.75) is 52.0 Å². The second kappa shape index (κ2) is 10.9. The van der Waals surface area contributed by atoms with Gasteiger partial charge < -0.3 is 15.1 Å². The van der Waals surface area contributed by atoms with Crippen LogP contribution in [0.4, 0.5) is 5.69 Å². The first-order valence-electron chi connectivity index (χ1n) is 12.4. The Hall–Kier alpha value is -3.15. The van der Waals surface area contributed by atoms with Gasteiger partial charge in [-0.15, -0.1) is 0 Å². The second-order valence-corrected chi connectivity index (χ2v) is 9.77. The van der Waals surface area contributed by atoms with Crippen LogP contribution in [0.25, 0.3) is 0 Å². The third-order valence-corrected chi connectivity index (χ3v) is 7.09. The number of carbonyl (C=O) groups is 3. The molecule has 2 saturated heterocycles. The lowest BCUT2D eigenvalue weighted by atomic mass is 9.94. The molecule has 34 heavy (non-hydrogen) atoms. The van der Waals surface area contributed by atoms with Crippen molar-refractivity contribution < 1.29 is 14.4 Å². The molecule has 2 atom stereocenters. The number of hydrogen-bond acceptors (Lipinski definition) is 3. The van der Waals surface area contributed by atoms with Crippen molar-refractivity contribution in [2.24, 2.45) is 11.8 Å². The quantitative estimate of drug-likeness (QED) is 0.683. The molecular formula is C28H35N3O3. The third-order valence-electron chi connectivity index (χ3n) is 7.09. The Labute approximate surface area is 202 Å². The van der Waals surface area contributed by atoms with Gasteiger partial charge in [0.1, 0.15) is 0 Å². The lowest BCUT2D eigenvalue weighted by Gasteiger charge is -2.33. The lowest BCUT2D eigenvalue weighted by Crippen LogP contribution is -2.46. The highest BCUT2D eigenvalue weighted by atomic mass is 16.2. The summed E-state index contributed by atoms with van der Waals surface area (Å²) in [5, 5.41) is 3.16. The number of anilines is 1. The van der Waals surface area contributed by atoms with Gasteiger partial charge in [0.25, 0.3) is 0 Å². The Morgan fingerprint density at radius 3 is 2.35 bits per heavy atom. The number of likely N-dealkylation sites (tertiary alicyclic amines) is 1. The van der Waals surface area contributed by atoms with Gasteiger partial charge in [0.15, 0.2) is 0 Å². The van der Waals surface area contributed by atoms with Gasteiger partial charge in [-0.25, -0.2) is 0 Å². The number of carbonyl (C=O) groups excluding carboxylic acids is 3. The molecule has 3 amide bonds. The first-order chi connectivity index (χ1) is 16.4. The van der Waals surface area contributed by atoms with Gasteiger partial charge in [-0.2, -0.15) is 0 Å². The molecule has 2 fully saturated rings. The summed E-state index contributed by atoms with van der Waals surface area (Å²) in [6.07, 6.45) is 3.44. The zero-order valence-electron chi connectivity index (χ0n) is 20.2. The van der Waals surface area contributed by atoms with E-state index in [2.05, 4.69) is 24.4 Å². The van der Waals surface area contributed by atoms with Crippen LogP contribution in [0.15, 0.2) is 54.6 Å². The van der Waals surface area contributed by atoms with E-state index in [4.69, 9.17) is 0 Å². The number of amides is 3. The number of aryl methyl sites for hydroxylation is 2. The minimum absolute atomic E-state index is 0.000886. The van der Waals surface area contributed by atoms with E-state index in [1.807, 2.05) is 54.3 Å². The number of nitrogens with one attached hydrogen (secondary N) is 1. The second-order valence-electron chi connectivity index (χ2n) is 9.77. The standard InChI is InChI=1S/C28H35N3O3/c1-20-8-12-25(13-9-20)31-19-24(18-26(31)32)28(34)30-16-14-23(15-17-30)27(33)29-21(2)10-11-22-6-4-3-5-7-22/h3-9,12-13,21,23-24H,10-11,14-19H2,1-2H3,(H,29,33)/t21-,24+/m0/s1. The average molecular weight is 462 g/mol. The highest BCUT2D eigenvalue weighted by molar-refractivity contribution is 6.00. The number of nitrogens with zero attached hydrogens (tertiary/aromatic N) is 2. The number of hydrogen-bond donors (Lipinski definition) is 1. The lowest BCUT2D eigenvalue weighted by molar-refractivity contribution is -0.139. The van der Waals surface area contributed by atoms with E-state index < -0.39 is 0 Å². The van der Waals surface area contributed by atoms with Crippen LogP contribution in [0.1, 0.15) is 43.7 Å². The fourth-order valence-corrected chi connectivity index (χ4v) is 4.93. The van der Waals surface area contributed by atoms with E-state index in [0.717, 1.165) is 24.1 Å². The zero-order chi connectivity index (χ0) is 24.1. The minimum atomic E-state index is -0.308. The van der Waals surface area contributed by atoms with Gasteiger partial charge in [-0.05, 0) is 57.2 Å². The Kier molecular flexibility index (Phi) is 7.66. The predicted molar refractivity (Wildman–Crippen MR) is 133 cm³/mol. The summed E-state index contributed by atoms with van der Waals surface area (Å²) in [5.41, 5.74) is 3.27. The molecule has 4 rings (SSSR count). The Bertz CT molecular complexity index is 997. The molecule has 1 N–H and O–H groups in total. The van der Waals surface area contributed by atoms with E-state index >= 15 is 0 Å². The van der Waals surface area contributed by atoms with E-state index in [1.54, 1.807) is 4.90 Å². The molecule has 2 aliphatic heterocycles. The molecule has 6 heteroatoms. The van der Waals surface area contributed by atoms with Crippen LogP contribution in [0, 0.1) is 18.8 Å². The van der Waals surface area contributed by atoms with Crippen LogP contribution in [-0.2, 0) is 20.8 Å². The summed E-state index contributed by atoms with van der Waals surface area (Å²) < 4.78 is 0. The first-order valence-corrected chi connectivity index (χ1v) is 12.4. The highest BCUT2D eigenvalue weighted by Crippen LogP contribution is 2.28. The largest absolute Gasteiger partial charge is 0.353 e. The Morgan fingerprint density at radius 2 is 1.68 bits per heavy atom. The van der Waals surface area contributed by atoms with Crippen molar-refractivity contribution in [2.75, 3.05) is 24.5 Å². The molecule has 0 aliphatic carbocycles. The molecule has 0 spiro atoms. The van der Waals surface area contributed by atoms with E-state index in [1.165, 1.54) is 5.56 Å². The number of benzene rings is 2. The van der Waals surface area contributed by atoms with Crippen molar-refractivity contribution >= 4 is 23.4 Å². The van der Waals surface area contributed by atoms with Crippen molar-refractivity contribution in [1.82, 2.24) is 10.2 Å². The molecule has 0 saturated carbocycles. The molecule has 2 heterocycles. The van der Waals surface area contributed by atoms with Gasteiger partial charge in [-0.1, -0.05) is 48.0 Å². The molecule has 0 unspecified atom stereocenters. The average Bonchev–Trinajstić information content (AvgIpc) is 3.25. The highest BCUT2D eigenvalue weighted by Gasteiger charge is 2.38. The summed E-state index contributed by atoms with van der Waals surface area (Å²) in [4.78, 5) is 42.0. The Balaban J connectivity index is 1.22. The van der Waals surface area contributed by atoms with Crippen LogP contribution >= 0.6 is 0 Å². The van der Waals surface area contributed by atoms with Gasteiger partial charge in [0.05, 0.1) is 5.92 Å². The zero-order valence-corrected chi connectivity index (χ0v) is 20.2. The van der Waals surface area contributed by atoms with Crippen molar-refractivity contribution in [1.29, 1.82) is 0 Å². The van der Waals surface area contributed by atoms with Crippen molar-refractivity contribution in [3.63, 3.8) is 0 Å². The van der Waals surface area contributed by atoms with Crippen molar-refractivity contribution in [3.05, 3.63) is 65.7 Å². The molecule has 6 nitrogen and oxygen atoms in total. The molecule has 180 valence electrons. The normalized spacial score (nSPS) is 19.8. The number of piperidine rings is 1. The monoisotopic (exact) mass is 461 g/mol. The van der Waals surface area contributed by atoms with E-state index in [9.17, 15) is 14.4 Å². The minimum Gasteiger partial charge on any atom is -0.353 e. The Morgan fingerprint density at radius 1 is 1.00 bits per heavy atom. The van der Waals surface area contributed by atoms with E-state index in [0.29, 0.717) is 32.5 Å². The fraction of sp³-hybridized carbons (Fsp3) is 0.464. The maximum Gasteiger partial charge on any atom is 0.228 e. The summed E-state index contributed by atoms with van der Waals surface area (Å²) in [6, 6.07) is 18.3. The predicted octanol–water partition coefficient (Wildman–Crippen LogP) is 3.72. The van der Waals surface area contributed by atoms with Gasteiger partial charge >= 0.3 is 0 Å². The fourth-order valence-electron chi connectivity index (χ4n) is 4.93. The smallest absolute Gasteiger partial charge is 0.228 e. The summed E-state index contributed by atoms with van der Waals surface area (Å²) in [7, 11) is 0. The summed E-state index contributed by atoms with van der Waals surface area (Å²) in [5.74, 6) is -0.233. The van der Waals surface area contributed by atoms with E-state index in [-0.39, 0.29) is 42.0 Å². The maximum atomic E-state index is 13.1. The first kappa shape index (κ1) is 24.0. The van der Waals surface area contributed by atoms with Crippen LogP contribution in [0.2, 0.25) is 0 Å². The molecule has 2 aliphatic rings. The topological polar surface area (TPSA) is 69.7 Å². The molecule has 0 aromatic heterocycles. The molecule has 2 aromatic carbocycles. The maximum absolute atomic E-state index is 13.1. The molecule has 2 aromatic rings. The summed E-state index contributed by atoms with van der Waals surface area (Å²) in [6.45, 7) is 5.64.